The normalized spacial score (nSPS) is 18.4. The highest BCUT2D eigenvalue weighted by molar-refractivity contribution is 8.00. The van der Waals surface area contributed by atoms with Crippen LogP contribution in [0.15, 0.2) is 59.8 Å². The summed E-state index contributed by atoms with van der Waals surface area (Å²) in [6.45, 7) is 2.03. The molecular formula is C19H18ClN5OS. The average molecular weight is 400 g/mol. The molecule has 0 aliphatic carbocycles. The minimum Gasteiger partial charge on any atom is -0.325 e. The number of fused-ring (bicyclic) bond motifs is 1. The number of thioether (sulfide) groups is 1. The van der Waals surface area contributed by atoms with Gasteiger partial charge in [0.15, 0.2) is 5.82 Å². The Kier molecular flexibility index (Phi) is 5.05. The van der Waals surface area contributed by atoms with Crippen LogP contribution in [0.2, 0.25) is 5.02 Å². The summed E-state index contributed by atoms with van der Waals surface area (Å²) in [6, 6.07) is 16.8. The number of anilines is 1. The summed E-state index contributed by atoms with van der Waals surface area (Å²) in [6.07, 6.45) is 0.751. The number of aryl methyl sites for hydroxylation is 1. The van der Waals surface area contributed by atoms with Crippen LogP contribution in [0.4, 0.5) is 5.69 Å². The van der Waals surface area contributed by atoms with Gasteiger partial charge in [-0.25, -0.2) is 4.68 Å². The number of carbonyl (C=O) groups excluding carboxylic acids is 1. The monoisotopic (exact) mass is 399 g/mol. The molecule has 0 radical (unpaired) electrons. The van der Waals surface area contributed by atoms with Crippen molar-refractivity contribution in [3.05, 3.63) is 71.0 Å². The summed E-state index contributed by atoms with van der Waals surface area (Å²) in [5.74, 6) is 0.725. The third-order valence-corrected chi connectivity index (χ3v) is 5.78. The minimum absolute atomic E-state index is 0.115. The van der Waals surface area contributed by atoms with Gasteiger partial charge in [-0.3, -0.25) is 4.79 Å². The maximum atomic E-state index is 13.1. The van der Waals surface area contributed by atoms with E-state index < -0.39 is 5.25 Å². The lowest BCUT2D eigenvalue weighted by Crippen LogP contribution is -2.41. The van der Waals surface area contributed by atoms with Gasteiger partial charge in [0, 0.05) is 17.1 Å². The van der Waals surface area contributed by atoms with Crippen LogP contribution in [0.5, 0.6) is 0 Å². The van der Waals surface area contributed by atoms with E-state index >= 15 is 0 Å². The zero-order chi connectivity index (χ0) is 18.8. The second-order valence-electron chi connectivity index (χ2n) is 6.14. The molecule has 1 aromatic heterocycles. The Balaban J connectivity index is 1.66. The van der Waals surface area contributed by atoms with Crippen molar-refractivity contribution in [2.75, 3.05) is 10.7 Å². The van der Waals surface area contributed by atoms with Gasteiger partial charge in [0.1, 0.15) is 5.25 Å². The second kappa shape index (κ2) is 7.62. The first-order chi connectivity index (χ1) is 13.2. The summed E-state index contributed by atoms with van der Waals surface area (Å²) in [4.78, 5) is 13.1. The molecule has 27 heavy (non-hydrogen) atoms. The maximum Gasteiger partial charge on any atom is 0.240 e. The standard InChI is InChI=1S/C19H18ClN5OS/c1-2-15-22-23-19-25(15)24-16(12-7-4-3-5-8-12)17(27-19)18(26)21-14-10-6-9-13(20)11-14/h3-11,16-17,24H,2H2,1H3,(H,21,26)/t16-,17-/m0/s1. The van der Waals surface area contributed by atoms with E-state index in [4.69, 9.17) is 11.6 Å². The van der Waals surface area contributed by atoms with Crippen molar-refractivity contribution < 1.29 is 4.79 Å². The highest BCUT2D eigenvalue weighted by Gasteiger charge is 2.37. The first kappa shape index (κ1) is 17.9. The van der Waals surface area contributed by atoms with Crippen LogP contribution >= 0.6 is 23.4 Å². The van der Waals surface area contributed by atoms with Gasteiger partial charge in [-0.1, -0.05) is 66.7 Å². The summed E-state index contributed by atoms with van der Waals surface area (Å²) in [7, 11) is 0. The van der Waals surface area contributed by atoms with Gasteiger partial charge in [0.2, 0.25) is 11.1 Å². The number of halogens is 1. The van der Waals surface area contributed by atoms with Crippen LogP contribution in [-0.2, 0) is 11.2 Å². The van der Waals surface area contributed by atoms with Crippen molar-refractivity contribution in [1.82, 2.24) is 14.9 Å². The van der Waals surface area contributed by atoms with Crippen molar-refractivity contribution in [2.45, 2.75) is 29.8 Å². The Bertz CT molecular complexity index is 962. The SMILES string of the molecule is CCc1nnc2n1N[C@@H](c1ccccc1)[C@@H](C(=O)Nc1cccc(Cl)c1)S2. The van der Waals surface area contributed by atoms with Crippen LogP contribution < -0.4 is 10.7 Å². The molecule has 8 heteroatoms. The molecule has 0 spiro atoms. The van der Waals surface area contributed by atoms with Crippen LogP contribution in [0.3, 0.4) is 0 Å². The van der Waals surface area contributed by atoms with Gasteiger partial charge in [-0.2, -0.15) is 0 Å². The largest absolute Gasteiger partial charge is 0.325 e. The maximum absolute atomic E-state index is 13.1. The van der Waals surface area contributed by atoms with Crippen LogP contribution in [0.1, 0.15) is 24.4 Å². The predicted octanol–water partition coefficient (Wildman–Crippen LogP) is 3.89. The molecule has 0 bridgehead atoms. The summed E-state index contributed by atoms with van der Waals surface area (Å²) < 4.78 is 1.88. The van der Waals surface area contributed by atoms with E-state index in [1.54, 1.807) is 12.1 Å². The summed E-state index contributed by atoms with van der Waals surface area (Å²) in [5, 5.41) is 12.3. The van der Waals surface area contributed by atoms with Gasteiger partial charge < -0.3 is 10.7 Å². The Hall–Kier alpha value is -2.51. The molecule has 2 N–H and O–H groups in total. The number of nitrogens with one attached hydrogen (secondary N) is 2. The third-order valence-electron chi connectivity index (χ3n) is 4.33. The van der Waals surface area contributed by atoms with Crippen LogP contribution in [0.25, 0.3) is 0 Å². The molecule has 2 heterocycles. The van der Waals surface area contributed by atoms with Gasteiger partial charge in [0.25, 0.3) is 0 Å². The van der Waals surface area contributed by atoms with Crippen molar-refractivity contribution in [1.29, 1.82) is 0 Å². The number of amides is 1. The van der Waals surface area contributed by atoms with Gasteiger partial charge >= 0.3 is 0 Å². The number of aromatic nitrogens is 3. The highest BCUT2D eigenvalue weighted by Crippen LogP contribution is 2.37. The van der Waals surface area contributed by atoms with E-state index in [0.717, 1.165) is 17.8 Å². The molecule has 1 aliphatic rings. The molecular weight excluding hydrogens is 382 g/mol. The lowest BCUT2D eigenvalue weighted by atomic mass is 10.0. The lowest BCUT2D eigenvalue weighted by molar-refractivity contribution is -0.116. The first-order valence-electron chi connectivity index (χ1n) is 8.64. The zero-order valence-electron chi connectivity index (χ0n) is 14.6. The number of rotatable bonds is 4. The Labute approximate surface area is 166 Å². The topological polar surface area (TPSA) is 71.8 Å². The molecule has 2 aromatic carbocycles. The highest BCUT2D eigenvalue weighted by atomic mass is 35.5. The van der Waals surface area contributed by atoms with Crippen molar-refractivity contribution in [3.8, 4) is 0 Å². The molecule has 0 saturated carbocycles. The molecule has 6 nitrogen and oxygen atoms in total. The van der Waals surface area contributed by atoms with E-state index in [0.29, 0.717) is 15.9 Å². The van der Waals surface area contributed by atoms with Gasteiger partial charge in [-0.05, 0) is 23.8 Å². The molecule has 0 saturated heterocycles. The van der Waals surface area contributed by atoms with E-state index in [1.165, 1.54) is 11.8 Å². The third kappa shape index (κ3) is 3.65. The lowest BCUT2D eigenvalue weighted by Gasteiger charge is -2.33. The van der Waals surface area contributed by atoms with Crippen molar-refractivity contribution >= 4 is 35.0 Å². The number of benzene rings is 2. The smallest absolute Gasteiger partial charge is 0.240 e. The minimum atomic E-state index is -0.409. The molecule has 138 valence electrons. The molecule has 4 rings (SSSR count). The van der Waals surface area contributed by atoms with E-state index in [2.05, 4.69) is 20.9 Å². The zero-order valence-corrected chi connectivity index (χ0v) is 16.2. The molecule has 0 unspecified atom stereocenters. The first-order valence-corrected chi connectivity index (χ1v) is 9.90. The number of hydrogen-bond acceptors (Lipinski definition) is 5. The number of nitrogens with zero attached hydrogens (tertiary/aromatic N) is 3. The van der Waals surface area contributed by atoms with Gasteiger partial charge in [0.05, 0.1) is 6.04 Å². The Morgan fingerprint density at radius 2 is 2.04 bits per heavy atom. The van der Waals surface area contributed by atoms with Crippen molar-refractivity contribution in [2.24, 2.45) is 0 Å². The Morgan fingerprint density at radius 1 is 1.22 bits per heavy atom. The van der Waals surface area contributed by atoms with E-state index in [1.807, 2.05) is 54.1 Å². The van der Waals surface area contributed by atoms with E-state index in [-0.39, 0.29) is 11.9 Å². The second-order valence-corrected chi connectivity index (χ2v) is 7.69. The predicted molar refractivity (Wildman–Crippen MR) is 108 cm³/mol. The van der Waals surface area contributed by atoms with Gasteiger partial charge in [-0.15, -0.1) is 10.2 Å². The fourth-order valence-corrected chi connectivity index (χ4v) is 4.31. The van der Waals surface area contributed by atoms with Crippen LogP contribution in [0, 0.1) is 0 Å². The number of carbonyl (C=O) groups is 1. The quantitative estimate of drug-likeness (QED) is 0.696. The fraction of sp³-hybridized carbons (Fsp3) is 0.211. The fourth-order valence-electron chi connectivity index (χ4n) is 3.02. The molecule has 0 fully saturated rings. The number of hydrogen-bond donors (Lipinski definition) is 2. The molecule has 3 aromatic rings. The summed E-state index contributed by atoms with van der Waals surface area (Å²) >= 11 is 7.44. The summed E-state index contributed by atoms with van der Waals surface area (Å²) in [5.41, 5.74) is 5.12. The average Bonchev–Trinajstić information content (AvgIpc) is 3.10. The molecule has 2 atom stereocenters. The van der Waals surface area contributed by atoms with Crippen LogP contribution in [-0.4, -0.2) is 26.0 Å². The molecule has 1 aliphatic heterocycles. The Morgan fingerprint density at radius 3 is 2.78 bits per heavy atom. The van der Waals surface area contributed by atoms with Crippen molar-refractivity contribution in [3.63, 3.8) is 0 Å². The van der Waals surface area contributed by atoms with E-state index in [9.17, 15) is 4.79 Å². The molecule has 1 amide bonds.